The average Bonchev–Trinajstić information content (AvgIpc) is 3.42. The number of ether oxygens (including phenoxy) is 1. The first-order valence-electron chi connectivity index (χ1n) is 11.4. The number of aryl methyl sites for hydroxylation is 1. The molecule has 0 atom stereocenters. The number of imidazole rings is 1. The molecule has 1 N–H and O–H groups in total. The lowest BCUT2D eigenvalue weighted by Gasteiger charge is -2.34. The summed E-state index contributed by atoms with van der Waals surface area (Å²) in [5.74, 6) is 2.37. The van der Waals surface area contributed by atoms with E-state index in [9.17, 15) is 0 Å². The molecule has 0 aliphatic carbocycles. The van der Waals surface area contributed by atoms with Crippen molar-refractivity contribution in [2.75, 3.05) is 56.2 Å². The van der Waals surface area contributed by atoms with Crippen LogP contribution in [-0.4, -0.2) is 70.4 Å². The van der Waals surface area contributed by atoms with Crippen LogP contribution >= 0.6 is 22.9 Å². The Hall–Kier alpha value is -1.94. The molecule has 32 heavy (non-hydrogen) atoms. The Labute approximate surface area is 197 Å². The smallest absolute Gasteiger partial charge is 0.227 e. The number of piperidine rings is 1. The molecule has 3 aromatic heterocycles. The summed E-state index contributed by atoms with van der Waals surface area (Å²) < 4.78 is 8.28. The van der Waals surface area contributed by atoms with Gasteiger partial charge in [-0.05, 0) is 48.7 Å². The van der Waals surface area contributed by atoms with Crippen LogP contribution in [0.25, 0.3) is 11.2 Å². The number of nitrogens with zero attached hydrogens (tertiary/aromatic N) is 6. The number of hydrogen-bond donors (Lipinski definition) is 1. The molecule has 0 unspecified atom stereocenters. The fraction of sp³-hybridized carbons (Fsp3) is 0.591. The number of morpholine rings is 1. The van der Waals surface area contributed by atoms with E-state index in [1.807, 2.05) is 24.0 Å². The zero-order valence-electron chi connectivity index (χ0n) is 18.5. The molecular formula is C22H30ClN7OS. The number of nitrogens with one attached hydrogen (secondary N) is 1. The molecule has 0 amide bonds. The topological polar surface area (TPSA) is 71.3 Å². The summed E-state index contributed by atoms with van der Waals surface area (Å²) >= 11 is 7.60. The van der Waals surface area contributed by atoms with Gasteiger partial charge in [0, 0.05) is 39.8 Å². The second-order valence-corrected chi connectivity index (χ2v) is 10.2. The lowest BCUT2D eigenvalue weighted by atomic mass is 9.93. The van der Waals surface area contributed by atoms with Gasteiger partial charge >= 0.3 is 0 Å². The van der Waals surface area contributed by atoms with Gasteiger partial charge in [0.25, 0.3) is 0 Å². The molecule has 3 aromatic rings. The number of fused-ring (bicyclic) bond motifs is 1. The highest BCUT2D eigenvalue weighted by atomic mass is 35.5. The average molecular weight is 476 g/mol. The third-order valence-electron chi connectivity index (χ3n) is 6.50. The number of aromatic nitrogens is 4. The maximum atomic E-state index is 6.06. The van der Waals surface area contributed by atoms with Crippen molar-refractivity contribution in [1.29, 1.82) is 0 Å². The van der Waals surface area contributed by atoms with Crippen molar-refractivity contribution in [3.63, 3.8) is 0 Å². The lowest BCUT2D eigenvalue weighted by molar-refractivity contribution is 0.0349. The van der Waals surface area contributed by atoms with Crippen LogP contribution in [0.4, 0.5) is 11.8 Å². The van der Waals surface area contributed by atoms with E-state index in [1.165, 1.54) is 37.1 Å². The van der Waals surface area contributed by atoms with E-state index in [1.54, 1.807) is 0 Å². The minimum absolute atomic E-state index is 0.614. The summed E-state index contributed by atoms with van der Waals surface area (Å²) in [6.07, 6.45) is 5.49. The minimum atomic E-state index is 0.614. The molecule has 0 spiro atoms. The van der Waals surface area contributed by atoms with Crippen LogP contribution in [0.15, 0.2) is 17.8 Å². The largest absolute Gasteiger partial charge is 0.379 e. The summed E-state index contributed by atoms with van der Waals surface area (Å²) in [4.78, 5) is 19.0. The maximum Gasteiger partial charge on any atom is 0.227 e. The van der Waals surface area contributed by atoms with Crippen LogP contribution in [0.2, 0.25) is 4.34 Å². The molecule has 2 aliphatic heterocycles. The zero-order valence-corrected chi connectivity index (χ0v) is 20.0. The Kier molecular flexibility index (Phi) is 6.77. The van der Waals surface area contributed by atoms with Crippen molar-refractivity contribution in [3.05, 3.63) is 27.7 Å². The van der Waals surface area contributed by atoms with Crippen molar-refractivity contribution >= 4 is 45.9 Å². The minimum Gasteiger partial charge on any atom is -0.379 e. The summed E-state index contributed by atoms with van der Waals surface area (Å²) in [6, 6.07) is 1.97. The molecule has 0 aromatic carbocycles. The van der Waals surface area contributed by atoms with Gasteiger partial charge < -0.3 is 19.5 Å². The van der Waals surface area contributed by atoms with E-state index in [4.69, 9.17) is 21.3 Å². The molecule has 2 fully saturated rings. The lowest BCUT2D eigenvalue weighted by Crippen LogP contribution is -2.39. The van der Waals surface area contributed by atoms with Gasteiger partial charge in [-0.2, -0.15) is 9.97 Å². The molecule has 5 rings (SSSR count). The summed E-state index contributed by atoms with van der Waals surface area (Å²) in [7, 11) is 2.01. The molecule has 0 radical (unpaired) electrons. The Bertz CT molecular complexity index is 1040. The first kappa shape index (κ1) is 21.9. The molecule has 10 heteroatoms. The summed E-state index contributed by atoms with van der Waals surface area (Å²) in [5, 5.41) is 5.41. The van der Waals surface area contributed by atoms with Crippen molar-refractivity contribution in [2.45, 2.75) is 25.8 Å². The predicted molar refractivity (Wildman–Crippen MR) is 130 cm³/mol. The third-order valence-corrected chi connectivity index (χ3v) is 7.64. The van der Waals surface area contributed by atoms with Crippen LogP contribution in [0.5, 0.6) is 0 Å². The Balaban J connectivity index is 1.25. The van der Waals surface area contributed by atoms with Gasteiger partial charge in [0.2, 0.25) is 5.95 Å². The van der Waals surface area contributed by atoms with Crippen LogP contribution in [0, 0.1) is 5.92 Å². The van der Waals surface area contributed by atoms with Gasteiger partial charge in [-0.25, -0.2) is 4.98 Å². The quantitative estimate of drug-likeness (QED) is 0.559. The van der Waals surface area contributed by atoms with E-state index in [0.29, 0.717) is 12.5 Å². The fourth-order valence-corrected chi connectivity index (χ4v) is 5.49. The Morgan fingerprint density at radius 3 is 2.75 bits per heavy atom. The highest BCUT2D eigenvalue weighted by molar-refractivity contribution is 7.14. The predicted octanol–water partition coefficient (Wildman–Crippen LogP) is 3.63. The van der Waals surface area contributed by atoms with Gasteiger partial charge in [0.15, 0.2) is 11.5 Å². The van der Waals surface area contributed by atoms with Crippen LogP contribution in [0.3, 0.4) is 0 Å². The monoisotopic (exact) mass is 475 g/mol. The van der Waals surface area contributed by atoms with E-state index in [-0.39, 0.29) is 0 Å². The molecule has 0 bridgehead atoms. The Morgan fingerprint density at radius 1 is 1.19 bits per heavy atom. The highest BCUT2D eigenvalue weighted by Gasteiger charge is 2.24. The SMILES string of the molecule is Cn1cnc2nc(NCc3csc(Cl)c3)nc(N3CCC(CCN4CCOCC4)CC3)c21. The molecule has 2 aliphatic rings. The number of rotatable bonds is 7. The normalized spacial score (nSPS) is 18.5. The van der Waals surface area contributed by atoms with Crippen LogP contribution in [-0.2, 0) is 18.3 Å². The van der Waals surface area contributed by atoms with Crippen LogP contribution < -0.4 is 10.2 Å². The van der Waals surface area contributed by atoms with Gasteiger partial charge in [-0.3, -0.25) is 4.90 Å². The van der Waals surface area contributed by atoms with Crippen molar-refractivity contribution in [2.24, 2.45) is 13.0 Å². The molecule has 8 nitrogen and oxygen atoms in total. The van der Waals surface area contributed by atoms with Gasteiger partial charge in [0.05, 0.1) is 23.9 Å². The number of thiophene rings is 1. The van der Waals surface area contributed by atoms with Crippen molar-refractivity contribution in [3.8, 4) is 0 Å². The molecule has 0 saturated carbocycles. The second kappa shape index (κ2) is 9.91. The maximum absolute atomic E-state index is 6.06. The van der Waals surface area contributed by atoms with Crippen LogP contribution in [0.1, 0.15) is 24.8 Å². The highest BCUT2D eigenvalue weighted by Crippen LogP contribution is 2.30. The standard InChI is InChI=1S/C22H30ClN7OS/c1-28-15-25-20-19(28)21(27-22(26-20)24-13-17-12-18(23)32-14-17)30-6-3-16(4-7-30)2-5-29-8-10-31-11-9-29/h12,14-16H,2-11,13H2,1H3,(H,24,26,27). The van der Waals surface area contributed by atoms with Gasteiger partial charge in [-0.1, -0.05) is 11.6 Å². The summed E-state index contributed by atoms with van der Waals surface area (Å²) in [5.41, 5.74) is 2.87. The first-order chi connectivity index (χ1) is 15.7. The molecule has 172 valence electrons. The van der Waals surface area contributed by atoms with Crippen molar-refractivity contribution < 1.29 is 4.74 Å². The van der Waals surface area contributed by atoms with E-state index >= 15 is 0 Å². The van der Waals surface area contributed by atoms with E-state index in [2.05, 4.69) is 30.5 Å². The number of anilines is 2. The van der Waals surface area contributed by atoms with Crippen molar-refractivity contribution in [1.82, 2.24) is 24.4 Å². The molecular weight excluding hydrogens is 446 g/mol. The second-order valence-electron chi connectivity index (χ2n) is 8.68. The zero-order chi connectivity index (χ0) is 21.9. The van der Waals surface area contributed by atoms with Gasteiger partial charge in [0.1, 0.15) is 5.52 Å². The van der Waals surface area contributed by atoms with E-state index in [0.717, 1.165) is 72.2 Å². The van der Waals surface area contributed by atoms with Gasteiger partial charge in [-0.15, -0.1) is 11.3 Å². The Morgan fingerprint density at radius 2 is 2.00 bits per heavy atom. The van der Waals surface area contributed by atoms with E-state index < -0.39 is 0 Å². The molecule has 2 saturated heterocycles. The summed E-state index contributed by atoms with van der Waals surface area (Å²) in [6.45, 7) is 7.77. The number of hydrogen-bond acceptors (Lipinski definition) is 8. The molecule has 5 heterocycles. The first-order valence-corrected chi connectivity index (χ1v) is 12.6. The fourth-order valence-electron chi connectivity index (χ4n) is 4.58. The third kappa shape index (κ3) is 5.01. The number of halogens is 1.